The van der Waals surface area contributed by atoms with Crippen molar-refractivity contribution in [3.05, 3.63) is 94.2 Å². The summed E-state index contributed by atoms with van der Waals surface area (Å²) >= 11 is 0. The van der Waals surface area contributed by atoms with Crippen molar-refractivity contribution in [2.24, 2.45) is 17.8 Å². The number of allylic oxidation sites excluding steroid dienone is 15. The van der Waals surface area contributed by atoms with E-state index in [0.717, 1.165) is 12.8 Å². The molecule has 3 aliphatic rings. The van der Waals surface area contributed by atoms with Gasteiger partial charge in [0.25, 0.3) is 0 Å². The first-order valence-electron chi connectivity index (χ1n) is 14.4. The second kappa shape index (κ2) is 13.9. The summed E-state index contributed by atoms with van der Waals surface area (Å²) in [5.41, 5.74) is 11.2. The molecule has 3 atom stereocenters. The Hall–Kier alpha value is -2.08. The van der Waals surface area contributed by atoms with Crippen molar-refractivity contribution >= 4 is 0 Å². The molecule has 0 spiro atoms. The van der Waals surface area contributed by atoms with E-state index in [2.05, 4.69) is 89.8 Å². The first-order chi connectivity index (χ1) is 17.0. The fourth-order valence-corrected chi connectivity index (χ4v) is 6.49. The van der Waals surface area contributed by atoms with Crippen molar-refractivity contribution in [1.29, 1.82) is 0 Å². The van der Waals surface area contributed by atoms with E-state index < -0.39 is 0 Å². The van der Waals surface area contributed by atoms with Crippen LogP contribution in [0.5, 0.6) is 0 Å². The molecular weight excluding hydrogens is 420 g/mol. The summed E-state index contributed by atoms with van der Waals surface area (Å²) in [6.45, 7) is 16.1. The van der Waals surface area contributed by atoms with E-state index in [1.807, 2.05) is 0 Å². The van der Waals surface area contributed by atoms with Crippen molar-refractivity contribution in [1.82, 2.24) is 0 Å². The highest BCUT2D eigenvalue weighted by molar-refractivity contribution is 5.57. The molecule has 0 aliphatic heterocycles. The Bertz CT molecular complexity index is 952. The molecule has 0 N–H and O–H groups in total. The third-order valence-corrected chi connectivity index (χ3v) is 8.69. The molecule has 0 aromatic heterocycles. The minimum atomic E-state index is 0.519. The van der Waals surface area contributed by atoms with Crippen LogP contribution in [-0.4, -0.2) is 0 Å². The van der Waals surface area contributed by atoms with Gasteiger partial charge in [-0.2, -0.15) is 0 Å². The highest BCUT2D eigenvalue weighted by Crippen LogP contribution is 2.42. The predicted molar refractivity (Wildman–Crippen MR) is 156 cm³/mol. The van der Waals surface area contributed by atoms with Gasteiger partial charge in [-0.3, -0.25) is 0 Å². The van der Waals surface area contributed by atoms with E-state index in [-0.39, 0.29) is 0 Å². The van der Waals surface area contributed by atoms with Crippen LogP contribution in [0, 0.1) is 17.8 Å². The van der Waals surface area contributed by atoms with Crippen LogP contribution in [0.4, 0.5) is 0 Å². The summed E-state index contributed by atoms with van der Waals surface area (Å²) in [5.74, 6) is 1.75. The fraction of sp³-hybridized carbons (Fsp3) is 0.543. The van der Waals surface area contributed by atoms with Crippen LogP contribution in [0.2, 0.25) is 0 Å². The molecule has 0 heterocycles. The predicted octanol–water partition coefficient (Wildman–Crippen LogP) is 10.9. The number of rotatable bonds is 9. The lowest BCUT2D eigenvalue weighted by Gasteiger charge is -2.33. The van der Waals surface area contributed by atoms with Gasteiger partial charge in [-0.25, -0.2) is 0 Å². The van der Waals surface area contributed by atoms with E-state index in [4.69, 9.17) is 0 Å². The lowest BCUT2D eigenvalue weighted by Crippen LogP contribution is -2.22. The molecule has 0 bridgehead atoms. The molecule has 0 amide bonds. The average Bonchev–Trinajstić information content (AvgIpc) is 3.10. The average molecular weight is 471 g/mol. The Morgan fingerprint density at radius 1 is 1.03 bits per heavy atom. The molecule has 3 unspecified atom stereocenters. The molecule has 35 heavy (non-hydrogen) atoms. The van der Waals surface area contributed by atoms with Crippen molar-refractivity contribution in [2.75, 3.05) is 0 Å². The van der Waals surface area contributed by atoms with Crippen molar-refractivity contribution < 1.29 is 0 Å². The smallest absolute Gasteiger partial charge is 0.00358 e. The molecular formula is C35H50. The van der Waals surface area contributed by atoms with Crippen LogP contribution in [0.1, 0.15) is 105 Å². The van der Waals surface area contributed by atoms with Gasteiger partial charge in [0.15, 0.2) is 0 Å². The molecule has 0 saturated heterocycles. The third-order valence-electron chi connectivity index (χ3n) is 8.69. The van der Waals surface area contributed by atoms with E-state index in [9.17, 15) is 0 Å². The van der Waals surface area contributed by atoms with Crippen LogP contribution in [0.3, 0.4) is 0 Å². The van der Waals surface area contributed by atoms with Gasteiger partial charge in [0.1, 0.15) is 0 Å². The lowest BCUT2D eigenvalue weighted by molar-refractivity contribution is 0.318. The Balaban J connectivity index is 2.09. The van der Waals surface area contributed by atoms with Crippen LogP contribution in [0.25, 0.3) is 0 Å². The Morgan fingerprint density at radius 2 is 1.80 bits per heavy atom. The number of hydrogen-bond donors (Lipinski definition) is 0. The van der Waals surface area contributed by atoms with Crippen molar-refractivity contribution in [3.63, 3.8) is 0 Å². The second-order valence-corrected chi connectivity index (χ2v) is 11.1. The first-order valence-corrected chi connectivity index (χ1v) is 14.4. The summed E-state index contributed by atoms with van der Waals surface area (Å²) < 4.78 is 0. The largest absolute Gasteiger partial charge is 0.103 e. The molecule has 190 valence electrons. The normalized spacial score (nSPS) is 22.6. The maximum Gasteiger partial charge on any atom is 0.00358 e. The van der Waals surface area contributed by atoms with Crippen LogP contribution in [-0.2, 0) is 0 Å². The topological polar surface area (TPSA) is 0 Å². The zero-order valence-corrected chi connectivity index (χ0v) is 23.3. The SMILES string of the molecule is C=CCC(C)C(C)C(C(C)=CC1=C(C2=CC=CCCC2)C(C)=C(CC)CC1)C1=CCC=CCCC1. The molecule has 3 aliphatic carbocycles. The summed E-state index contributed by atoms with van der Waals surface area (Å²) in [6, 6.07) is 0. The third kappa shape index (κ3) is 7.22. The zero-order valence-electron chi connectivity index (χ0n) is 23.3. The Kier molecular flexibility index (Phi) is 10.9. The summed E-state index contributed by atoms with van der Waals surface area (Å²) in [6.07, 6.45) is 32.2. The summed E-state index contributed by atoms with van der Waals surface area (Å²) in [4.78, 5) is 0. The standard InChI is InChI=1S/C35H50/c1-7-18-26(3)28(5)34(31-19-14-10-9-11-15-20-31)27(4)25-33-24-23-30(8-2)29(6)35(33)32-21-16-12-13-17-22-32/h7,9-10,12,16,19,21,25-26,28,34H,1,8,11,13-15,17-18,20,22-24H2,2-6H3. The molecule has 0 saturated carbocycles. The van der Waals surface area contributed by atoms with Crippen LogP contribution in [0.15, 0.2) is 94.2 Å². The van der Waals surface area contributed by atoms with Crippen LogP contribution >= 0.6 is 0 Å². The van der Waals surface area contributed by atoms with Crippen molar-refractivity contribution in [3.8, 4) is 0 Å². The highest BCUT2D eigenvalue weighted by atomic mass is 14.3. The highest BCUT2D eigenvalue weighted by Gasteiger charge is 2.28. The fourth-order valence-electron chi connectivity index (χ4n) is 6.49. The molecule has 3 rings (SSSR count). The molecule has 0 nitrogen and oxygen atoms in total. The minimum Gasteiger partial charge on any atom is -0.103 e. The molecule has 0 radical (unpaired) electrons. The van der Waals surface area contributed by atoms with Crippen molar-refractivity contribution in [2.45, 2.75) is 105 Å². The monoisotopic (exact) mass is 470 g/mol. The van der Waals surface area contributed by atoms with E-state index in [1.54, 1.807) is 39.0 Å². The van der Waals surface area contributed by atoms with Gasteiger partial charge >= 0.3 is 0 Å². The Labute approximate surface area is 217 Å². The molecule has 0 aromatic carbocycles. The maximum atomic E-state index is 4.05. The van der Waals surface area contributed by atoms with E-state index in [0.29, 0.717) is 17.8 Å². The van der Waals surface area contributed by atoms with E-state index >= 15 is 0 Å². The Morgan fingerprint density at radius 3 is 2.57 bits per heavy atom. The maximum absolute atomic E-state index is 4.05. The van der Waals surface area contributed by atoms with Gasteiger partial charge in [-0.05, 0) is 119 Å². The molecule has 0 heteroatoms. The van der Waals surface area contributed by atoms with E-state index in [1.165, 1.54) is 57.8 Å². The van der Waals surface area contributed by atoms with Gasteiger partial charge in [0.05, 0.1) is 0 Å². The summed E-state index contributed by atoms with van der Waals surface area (Å²) in [5, 5.41) is 0. The quantitative estimate of drug-likeness (QED) is 0.294. The summed E-state index contributed by atoms with van der Waals surface area (Å²) in [7, 11) is 0. The van der Waals surface area contributed by atoms with Crippen LogP contribution < -0.4 is 0 Å². The van der Waals surface area contributed by atoms with Gasteiger partial charge in [-0.1, -0.05) is 86.1 Å². The zero-order chi connectivity index (χ0) is 25.2. The first kappa shape index (κ1) is 27.5. The van der Waals surface area contributed by atoms with Gasteiger partial charge in [0.2, 0.25) is 0 Å². The van der Waals surface area contributed by atoms with Gasteiger partial charge in [0, 0.05) is 5.92 Å². The number of hydrogen-bond acceptors (Lipinski definition) is 0. The van der Waals surface area contributed by atoms with Gasteiger partial charge in [-0.15, -0.1) is 6.58 Å². The van der Waals surface area contributed by atoms with Gasteiger partial charge < -0.3 is 0 Å². The minimum absolute atomic E-state index is 0.519. The molecule has 0 fully saturated rings. The molecule has 0 aromatic rings. The lowest BCUT2D eigenvalue weighted by atomic mass is 9.72. The second-order valence-electron chi connectivity index (χ2n) is 11.1.